The summed E-state index contributed by atoms with van der Waals surface area (Å²) in [5.74, 6) is 4.14. The van der Waals surface area contributed by atoms with Gasteiger partial charge in [0.2, 0.25) is 0 Å². The molecule has 1 saturated carbocycles. The van der Waals surface area contributed by atoms with E-state index in [1.54, 1.807) is 24.3 Å². The van der Waals surface area contributed by atoms with Gasteiger partial charge in [0.25, 0.3) is 0 Å². The summed E-state index contributed by atoms with van der Waals surface area (Å²) in [6, 6.07) is 8.71. The number of hydrogen-bond acceptors (Lipinski definition) is 1. The number of phenolic OH excluding ortho intramolecular Hbond substituents is 1. The second-order valence-corrected chi connectivity index (χ2v) is 5.19. The molecule has 0 spiro atoms. The number of fused-ring (bicyclic) bond motifs is 5. The van der Waals surface area contributed by atoms with Crippen LogP contribution < -0.4 is 0 Å². The lowest BCUT2D eigenvalue weighted by Gasteiger charge is -2.18. The summed E-state index contributed by atoms with van der Waals surface area (Å²) in [6.45, 7) is 0. The highest BCUT2D eigenvalue weighted by molar-refractivity contribution is 5.21. The number of benzene rings is 1. The number of hydrogen-bond donors (Lipinski definition) is 1. The van der Waals surface area contributed by atoms with E-state index in [9.17, 15) is 0 Å². The molecule has 1 aromatic carbocycles. The Morgan fingerprint density at radius 1 is 0.941 bits per heavy atom. The lowest BCUT2D eigenvalue weighted by Crippen LogP contribution is -2.12. The average Bonchev–Trinajstić information content (AvgIpc) is 3.05. The molecule has 1 nitrogen and oxygen atoms in total. The maximum Gasteiger partial charge on any atom is 0.115 e. The van der Waals surface area contributed by atoms with Crippen molar-refractivity contribution < 1.29 is 5.11 Å². The zero-order valence-corrected chi connectivity index (χ0v) is 9.87. The summed E-state index contributed by atoms with van der Waals surface area (Å²) in [5.41, 5.74) is 0. The molecular weight excluding hydrogens is 208 g/mol. The van der Waals surface area contributed by atoms with Crippen LogP contribution in [0.3, 0.4) is 0 Å². The molecule has 1 N–H and O–H groups in total. The van der Waals surface area contributed by atoms with E-state index in [1.807, 2.05) is 6.07 Å². The molecule has 2 bridgehead atoms. The number of rotatable bonds is 0. The van der Waals surface area contributed by atoms with Crippen LogP contribution in [0.2, 0.25) is 0 Å². The fraction of sp³-hybridized carbons (Fsp3) is 0.375. The molecule has 0 aromatic heterocycles. The van der Waals surface area contributed by atoms with Crippen molar-refractivity contribution in [2.45, 2.75) is 12.8 Å². The Morgan fingerprint density at radius 2 is 1.71 bits per heavy atom. The fourth-order valence-corrected chi connectivity index (χ4v) is 3.40. The summed E-state index contributed by atoms with van der Waals surface area (Å²) >= 11 is 0. The molecule has 88 valence electrons. The van der Waals surface area contributed by atoms with Crippen LogP contribution in [0.5, 0.6) is 5.75 Å². The Hall–Kier alpha value is -1.50. The van der Waals surface area contributed by atoms with Gasteiger partial charge in [0.05, 0.1) is 0 Å². The van der Waals surface area contributed by atoms with E-state index in [0.29, 0.717) is 5.75 Å². The zero-order valence-electron chi connectivity index (χ0n) is 9.87. The number of para-hydroxylation sites is 1. The van der Waals surface area contributed by atoms with Crippen LogP contribution in [0.25, 0.3) is 0 Å². The Bertz CT molecular complexity index is 432. The van der Waals surface area contributed by atoms with Crippen LogP contribution in [0.15, 0.2) is 54.6 Å². The highest BCUT2D eigenvalue weighted by Crippen LogP contribution is 2.52. The maximum atomic E-state index is 8.63. The van der Waals surface area contributed by atoms with Gasteiger partial charge in [0.15, 0.2) is 0 Å². The van der Waals surface area contributed by atoms with Crippen molar-refractivity contribution in [3.05, 3.63) is 54.6 Å². The van der Waals surface area contributed by atoms with Crippen molar-refractivity contribution in [2.75, 3.05) is 0 Å². The topological polar surface area (TPSA) is 20.2 Å². The summed E-state index contributed by atoms with van der Waals surface area (Å²) in [5, 5.41) is 8.63. The predicted molar refractivity (Wildman–Crippen MR) is 69.6 cm³/mol. The molecule has 4 unspecified atom stereocenters. The first kappa shape index (κ1) is 10.6. The van der Waals surface area contributed by atoms with E-state index >= 15 is 0 Å². The van der Waals surface area contributed by atoms with Gasteiger partial charge >= 0.3 is 0 Å². The molecule has 1 aromatic rings. The number of aromatic hydroxyl groups is 1. The van der Waals surface area contributed by atoms with Crippen molar-refractivity contribution in [3.8, 4) is 5.75 Å². The SMILES string of the molecule is C1=CC2C3C=CC(C3)C2C1.Oc1ccccc1. The highest BCUT2D eigenvalue weighted by Gasteiger charge is 2.44. The minimum absolute atomic E-state index is 0.322. The summed E-state index contributed by atoms with van der Waals surface area (Å²) in [6.07, 6.45) is 12.5. The Labute approximate surface area is 102 Å². The molecule has 1 fully saturated rings. The van der Waals surface area contributed by atoms with Gasteiger partial charge in [-0.1, -0.05) is 42.5 Å². The molecule has 3 aliphatic carbocycles. The molecule has 3 aliphatic rings. The molecular formula is C16H18O. The van der Waals surface area contributed by atoms with Crippen molar-refractivity contribution in [2.24, 2.45) is 23.7 Å². The number of phenols is 1. The smallest absolute Gasteiger partial charge is 0.115 e. The van der Waals surface area contributed by atoms with Gasteiger partial charge in [-0.25, -0.2) is 0 Å². The van der Waals surface area contributed by atoms with Crippen molar-refractivity contribution in [1.82, 2.24) is 0 Å². The third-order valence-corrected chi connectivity index (χ3v) is 4.21. The molecule has 0 heterocycles. The molecule has 0 saturated heterocycles. The Balaban J connectivity index is 0.000000115. The monoisotopic (exact) mass is 226 g/mol. The third-order valence-electron chi connectivity index (χ3n) is 4.21. The van der Waals surface area contributed by atoms with Gasteiger partial charge in [0, 0.05) is 0 Å². The molecule has 17 heavy (non-hydrogen) atoms. The van der Waals surface area contributed by atoms with Crippen LogP contribution >= 0.6 is 0 Å². The van der Waals surface area contributed by atoms with E-state index in [4.69, 9.17) is 5.11 Å². The lowest BCUT2D eigenvalue weighted by molar-refractivity contribution is 0.398. The van der Waals surface area contributed by atoms with Crippen LogP contribution in [-0.2, 0) is 0 Å². The van der Waals surface area contributed by atoms with Crippen molar-refractivity contribution >= 4 is 0 Å². The predicted octanol–water partition coefficient (Wildman–Crippen LogP) is 3.78. The third kappa shape index (κ3) is 2.02. The first-order valence-corrected chi connectivity index (χ1v) is 6.43. The second kappa shape index (κ2) is 4.40. The first-order valence-electron chi connectivity index (χ1n) is 6.43. The summed E-state index contributed by atoms with van der Waals surface area (Å²) in [7, 11) is 0. The van der Waals surface area contributed by atoms with E-state index in [0.717, 1.165) is 23.7 Å². The van der Waals surface area contributed by atoms with Gasteiger partial charge in [-0.05, 0) is 48.6 Å². The molecule has 0 amide bonds. The molecule has 0 radical (unpaired) electrons. The van der Waals surface area contributed by atoms with Crippen LogP contribution in [0.1, 0.15) is 12.8 Å². The van der Waals surface area contributed by atoms with E-state index in [-0.39, 0.29) is 0 Å². The summed E-state index contributed by atoms with van der Waals surface area (Å²) < 4.78 is 0. The zero-order chi connectivity index (χ0) is 11.7. The van der Waals surface area contributed by atoms with Gasteiger partial charge < -0.3 is 5.11 Å². The van der Waals surface area contributed by atoms with E-state index < -0.39 is 0 Å². The van der Waals surface area contributed by atoms with Gasteiger partial charge in [-0.3, -0.25) is 0 Å². The Kier molecular flexibility index (Phi) is 2.76. The Morgan fingerprint density at radius 3 is 2.35 bits per heavy atom. The van der Waals surface area contributed by atoms with Gasteiger partial charge in [0.1, 0.15) is 5.75 Å². The second-order valence-electron chi connectivity index (χ2n) is 5.19. The standard InChI is InChI=1S/C10H12.C6H6O/c1-2-9-7-4-5-8(6-7)10(9)3-1;7-6-4-2-1-3-5-6/h1-2,4-5,7-10H,3,6H2;1-5,7H. The first-order chi connectivity index (χ1) is 8.34. The quantitative estimate of drug-likeness (QED) is 0.667. The highest BCUT2D eigenvalue weighted by atomic mass is 16.3. The maximum absolute atomic E-state index is 8.63. The molecule has 1 heteroatoms. The normalized spacial score (nSPS) is 35.5. The van der Waals surface area contributed by atoms with E-state index in [1.165, 1.54) is 12.8 Å². The van der Waals surface area contributed by atoms with Gasteiger partial charge in [-0.2, -0.15) is 0 Å². The van der Waals surface area contributed by atoms with E-state index in [2.05, 4.69) is 24.3 Å². The fourth-order valence-electron chi connectivity index (χ4n) is 3.40. The van der Waals surface area contributed by atoms with Crippen LogP contribution in [0.4, 0.5) is 0 Å². The minimum atomic E-state index is 0.322. The minimum Gasteiger partial charge on any atom is -0.508 e. The molecule has 4 rings (SSSR count). The lowest BCUT2D eigenvalue weighted by atomic mass is 9.86. The summed E-state index contributed by atoms with van der Waals surface area (Å²) in [4.78, 5) is 0. The van der Waals surface area contributed by atoms with Gasteiger partial charge in [-0.15, -0.1) is 0 Å². The average molecular weight is 226 g/mol. The number of allylic oxidation sites excluding steroid dienone is 4. The van der Waals surface area contributed by atoms with Crippen molar-refractivity contribution in [1.29, 1.82) is 0 Å². The largest absolute Gasteiger partial charge is 0.508 e. The van der Waals surface area contributed by atoms with Crippen LogP contribution in [0, 0.1) is 23.7 Å². The molecule has 0 aliphatic heterocycles. The van der Waals surface area contributed by atoms with Crippen LogP contribution in [-0.4, -0.2) is 5.11 Å². The molecule has 4 atom stereocenters. The van der Waals surface area contributed by atoms with Crippen molar-refractivity contribution in [3.63, 3.8) is 0 Å².